The lowest BCUT2D eigenvalue weighted by Crippen LogP contribution is -2.35. The first-order chi connectivity index (χ1) is 23.4. The fourth-order valence-electron chi connectivity index (χ4n) is 6.74. The molecule has 4 aromatic rings. The van der Waals surface area contributed by atoms with Gasteiger partial charge in [0.15, 0.2) is 11.5 Å². The van der Waals surface area contributed by atoms with E-state index in [1.807, 2.05) is 25.2 Å². The van der Waals surface area contributed by atoms with Gasteiger partial charge < -0.3 is 33.5 Å². The first-order valence-corrected chi connectivity index (χ1v) is 17.5. The fraction of sp³-hybridized carbons (Fsp3) is 0.474. The summed E-state index contributed by atoms with van der Waals surface area (Å²) in [7, 11) is 6.50. The van der Waals surface area contributed by atoms with Gasteiger partial charge in [-0.15, -0.1) is 0 Å². The number of benzene rings is 3. The van der Waals surface area contributed by atoms with Crippen LogP contribution in [0.4, 0.5) is 5.95 Å². The molecule has 1 amide bonds. The van der Waals surface area contributed by atoms with Gasteiger partial charge in [0, 0.05) is 56.3 Å². The Balaban J connectivity index is 1.28. The molecule has 0 spiro atoms. The first-order valence-electron chi connectivity index (χ1n) is 17.1. The minimum atomic E-state index is -0.117. The number of aryl methyl sites for hydroxylation is 1. The molecule has 1 atom stereocenters. The molecule has 3 aromatic carbocycles. The highest BCUT2D eigenvalue weighted by Crippen LogP contribution is 2.38. The number of likely N-dealkylation sites (N-methyl/N-ethyl adjacent to an activating group) is 1. The summed E-state index contributed by atoms with van der Waals surface area (Å²) in [6, 6.07) is 19.9. The van der Waals surface area contributed by atoms with Gasteiger partial charge in [0.1, 0.15) is 0 Å². The summed E-state index contributed by atoms with van der Waals surface area (Å²) in [5.41, 5.74) is 3.90. The number of amides is 1. The number of nitrogens with zero attached hydrogens (tertiary/aromatic N) is 5. The number of carbonyl (C=O) groups excluding carboxylic acids is 1. The second-order valence-corrected chi connectivity index (χ2v) is 13.0. The maximum absolute atomic E-state index is 13.7. The summed E-state index contributed by atoms with van der Waals surface area (Å²) in [5, 5.41) is 0.698. The van der Waals surface area contributed by atoms with Gasteiger partial charge in [-0.2, -0.15) is 0 Å². The Labute approximate surface area is 290 Å². The van der Waals surface area contributed by atoms with Crippen LogP contribution < -0.4 is 19.1 Å². The molecule has 0 aliphatic carbocycles. The van der Waals surface area contributed by atoms with Crippen LogP contribution in [0.25, 0.3) is 11.0 Å². The minimum Gasteiger partial charge on any atom is -0.493 e. The number of para-hydroxylation sites is 2. The van der Waals surface area contributed by atoms with Crippen molar-refractivity contribution in [3.8, 4) is 17.2 Å². The molecule has 1 saturated heterocycles. The Hall–Kier alpha value is -3.95. The third-order valence-corrected chi connectivity index (χ3v) is 9.59. The topological polar surface area (TPSA) is 72.3 Å². The summed E-state index contributed by atoms with van der Waals surface area (Å²) in [6.07, 6.45) is 5.54. The van der Waals surface area contributed by atoms with E-state index in [0.717, 1.165) is 75.6 Å². The molecule has 2 heterocycles. The highest BCUT2D eigenvalue weighted by Gasteiger charge is 2.25. The number of methoxy groups -OCH3 is 3. The number of anilines is 1. The number of unbranched alkanes of at least 4 members (excludes halogenated alkanes) is 2. The predicted octanol–water partition coefficient (Wildman–Crippen LogP) is 7.36. The van der Waals surface area contributed by atoms with Gasteiger partial charge in [0.05, 0.1) is 32.4 Å². The summed E-state index contributed by atoms with van der Waals surface area (Å²) in [5.74, 6) is 2.44. The van der Waals surface area contributed by atoms with Crippen LogP contribution in [-0.2, 0) is 6.54 Å². The van der Waals surface area contributed by atoms with Gasteiger partial charge in [-0.1, -0.05) is 55.6 Å². The number of rotatable bonds is 15. The van der Waals surface area contributed by atoms with E-state index >= 15 is 0 Å². The summed E-state index contributed by atoms with van der Waals surface area (Å²) in [4.78, 5) is 25.7. The van der Waals surface area contributed by atoms with Gasteiger partial charge in [0.2, 0.25) is 11.7 Å². The zero-order chi connectivity index (χ0) is 34.0. The molecule has 0 N–H and O–H groups in total. The van der Waals surface area contributed by atoms with Crippen molar-refractivity contribution in [2.45, 2.75) is 51.5 Å². The highest BCUT2D eigenvalue weighted by molar-refractivity contribution is 6.30. The Morgan fingerprint density at radius 1 is 0.917 bits per heavy atom. The zero-order valence-corrected chi connectivity index (χ0v) is 29.8. The molecule has 0 radical (unpaired) electrons. The van der Waals surface area contributed by atoms with E-state index in [1.54, 1.807) is 38.4 Å². The molecule has 1 aliphatic rings. The molecule has 10 heteroatoms. The van der Waals surface area contributed by atoms with Crippen molar-refractivity contribution >= 4 is 34.5 Å². The molecule has 1 aliphatic heterocycles. The average molecular weight is 676 g/mol. The molecule has 9 nitrogen and oxygen atoms in total. The number of imidazole rings is 1. The molecular weight excluding hydrogens is 626 g/mol. The Morgan fingerprint density at radius 3 is 2.40 bits per heavy atom. The molecule has 0 saturated carbocycles. The van der Waals surface area contributed by atoms with Crippen LogP contribution in [0, 0.1) is 0 Å². The van der Waals surface area contributed by atoms with Crippen LogP contribution in [-0.4, -0.2) is 92.9 Å². The van der Waals surface area contributed by atoms with E-state index in [4.69, 9.17) is 30.8 Å². The van der Waals surface area contributed by atoms with Gasteiger partial charge in [-0.25, -0.2) is 4.98 Å². The van der Waals surface area contributed by atoms with Crippen molar-refractivity contribution in [2.75, 3.05) is 72.5 Å². The van der Waals surface area contributed by atoms with E-state index in [-0.39, 0.29) is 11.8 Å². The number of ether oxygens (including phenoxy) is 3. The van der Waals surface area contributed by atoms with E-state index in [1.165, 1.54) is 18.4 Å². The Bertz CT molecular complexity index is 1630. The highest BCUT2D eigenvalue weighted by atomic mass is 35.5. The van der Waals surface area contributed by atoms with Crippen molar-refractivity contribution in [1.82, 2.24) is 19.4 Å². The maximum atomic E-state index is 13.7. The van der Waals surface area contributed by atoms with Crippen LogP contribution in [0.2, 0.25) is 5.02 Å². The first kappa shape index (κ1) is 35.4. The third-order valence-electron chi connectivity index (χ3n) is 9.36. The van der Waals surface area contributed by atoms with Crippen molar-refractivity contribution in [3.05, 3.63) is 76.8 Å². The van der Waals surface area contributed by atoms with Gasteiger partial charge in [-0.3, -0.25) is 4.79 Å². The average Bonchev–Trinajstić information content (AvgIpc) is 3.30. The third kappa shape index (κ3) is 8.36. The number of carbonyl (C=O) groups is 1. The monoisotopic (exact) mass is 675 g/mol. The molecule has 1 fully saturated rings. The lowest BCUT2D eigenvalue weighted by atomic mass is 9.94. The standard InChI is InChI=1S/C38H50ClN5O4/c1-6-7-10-20-44-33-16-9-8-15-32(33)40-38(44)43-19-12-18-42(22-23-43)21-17-29(28-13-11-14-31(39)24-28)27-41(2)37(45)30-25-34(46-3)36(48-5)35(26-30)47-4/h8-9,11,13-16,24-26,29H,6-7,10,12,17-23,27H2,1-5H3. The van der Waals surface area contributed by atoms with Crippen LogP contribution in [0.5, 0.6) is 17.2 Å². The van der Waals surface area contributed by atoms with Crippen molar-refractivity contribution in [3.63, 3.8) is 0 Å². The minimum absolute atomic E-state index is 0.0989. The molecule has 1 aromatic heterocycles. The maximum Gasteiger partial charge on any atom is 0.253 e. The van der Waals surface area contributed by atoms with E-state index in [2.05, 4.69) is 51.6 Å². The number of aromatic nitrogens is 2. The molecule has 1 unspecified atom stereocenters. The number of fused-ring (bicyclic) bond motifs is 1. The molecule has 48 heavy (non-hydrogen) atoms. The molecule has 5 rings (SSSR count). The van der Waals surface area contributed by atoms with Crippen LogP contribution in [0.1, 0.15) is 60.9 Å². The quantitative estimate of drug-likeness (QED) is 0.122. The Morgan fingerprint density at radius 2 is 1.69 bits per heavy atom. The van der Waals surface area contributed by atoms with Crippen LogP contribution in [0.3, 0.4) is 0 Å². The van der Waals surface area contributed by atoms with E-state index < -0.39 is 0 Å². The fourth-order valence-corrected chi connectivity index (χ4v) is 6.94. The molecular formula is C38H50ClN5O4. The second kappa shape index (κ2) is 16.9. The van der Waals surface area contributed by atoms with Crippen molar-refractivity contribution < 1.29 is 19.0 Å². The second-order valence-electron chi connectivity index (χ2n) is 12.6. The SMILES string of the molecule is CCCCCn1c(N2CCCN(CCC(CN(C)C(=O)c3cc(OC)c(OC)c(OC)c3)c3cccc(Cl)c3)CC2)nc2ccccc21. The van der Waals surface area contributed by atoms with Crippen molar-refractivity contribution in [2.24, 2.45) is 0 Å². The zero-order valence-electron chi connectivity index (χ0n) is 29.1. The largest absolute Gasteiger partial charge is 0.493 e. The van der Waals surface area contributed by atoms with Crippen molar-refractivity contribution in [1.29, 1.82) is 0 Å². The number of hydrogen-bond acceptors (Lipinski definition) is 7. The Kier molecular flexibility index (Phi) is 12.5. The number of hydrogen-bond donors (Lipinski definition) is 0. The lowest BCUT2D eigenvalue weighted by molar-refractivity contribution is 0.0782. The summed E-state index contributed by atoms with van der Waals surface area (Å²) >= 11 is 6.46. The lowest BCUT2D eigenvalue weighted by Gasteiger charge is -2.28. The summed E-state index contributed by atoms with van der Waals surface area (Å²) < 4.78 is 18.9. The van der Waals surface area contributed by atoms with Gasteiger partial charge in [-0.05, 0) is 74.3 Å². The normalized spacial score (nSPS) is 14.5. The molecule has 258 valence electrons. The van der Waals surface area contributed by atoms with E-state index in [0.29, 0.717) is 34.4 Å². The molecule has 0 bridgehead atoms. The van der Waals surface area contributed by atoms with Crippen LogP contribution >= 0.6 is 11.6 Å². The van der Waals surface area contributed by atoms with Gasteiger partial charge in [0.25, 0.3) is 5.91 Å². The van der Waals surface area contributed by atoms with Crippen LogP contribution in [0.15, 0.2) is 60.7 Å². The summed E-state index contributed by atoms with van der Waals surface area (Å²) in [6.45, 7) is 8.60. The predicted molar refractivity (Wildman–Crippen MR) is 194 cm³/mol. The van der Waals surface area contributed by atoms with Gasteiger partial charge >= 0.3 is 0 Å². The number of halogens is 1. The smallest absolute Gasteiger partial charge is 0.253 e. The van der Waals surface area contributed by atoms with E-state index in [9.17, 15) is 4.79 Å².